The molecule has 0 aliphatic heterocycles. The number of carbonyl (C=O) groups is 1. The number of thioether (sulfide) groups is 1. The van der Waals surface area contributed by atoms with E-state index in [1.807, 2.05) is 23.7 Å². The van der Waals surface area contributed by atoms with Gasteiger partial charge in [-0.1, -0.05) is 23.9 Å². The summed E-state index contributed by atoms with van der Waals surface area (Å²) < 4.78 is 6.52. The minimum Gasteiger partial charge on any atom is -0.465 e. The van der Waals surface area contributed by atoms with Gasteiger partial charge in [-0.25, -0.2) is 9.78 Å². The van der Waals surface area contributed by atoms with Crippen molar-refractivity contribution < 1.29 is 14.6 Å². The summed E-state index contributed by atoms with van der Waals surface area (Å²) in [6.07, 6.45) is 1.67. The molecule has 6 heteroatoms. The number of aliphatic hydroxyl groups excluding tert-OH is 1. The van der Waals surface area contributed by atoms with Gasteiger partial charge < -0.3 is 14.4 Å². The molecule has 0 amide bonds. The topological polar surface area (TPSA) is 64.3 Å². The highest BCUT2D eigenvalue weighted by Gasteiger charge is 2.08. The van der Waals surface area contributed by atoms with Crippen molar-refractivity contribution in [2.45, 2.75) is 17.5 Å². The molecule has 0 atom stereocenters. The average molecular weight is 292 g/mol. The second-order valence-electron chi connectivity index (χ2n) is 4.23. The molecule has 0 aliphatic rings. The molecule has 0 bridgehead atoms. The average Bonchev–Trinajstić information content (AvgIpc) is 2.85. The smallest absolute Gasteiger partial charge is 0.337 e. The summed E-state index contributed by atoms with van der Waals surface area (Å²) in [5.41, 5.74) is 2.42. The summed E-state index contributed by atoms with van der Waals surface area (Å²) in [5, 5.41) is 9.96. The Morgan fingerprint density at radius 1 is 1.40 bits per heavy atom. The Hall–Kier alpha value is -1.79. The fourth-order valence-corrected chi connectivity index (χ4v) is 2.64. The van der Waals surface area contributed by atoms with Crippen LogP contribution in [0.4, 0.5) is 0 Å². The van der Waals surface area contributed by atoms with E-state index in [2.05, 4.69) is 9.72 Å². The van der Waals surface area contributed by atoms with E-state index in [1.165, 1.54) is 7.11 Å². The van der Waals surface area contributed by atoms with Crippen molar-refractivity contribution in [3.63, 3.8) is 0 Å². The predicted octanol–water partition coefficient (Wildman–Crippen LogP) is 1.99. The maximum atomic E-state index is 11.3. The zero-order valence-corrected chi connectivity index (χ0v) is 12.2. The Kier molecular flexibility index (Phi) is 4.81. The van der Waals surface area contributed by atoms with E-state index >= 15 is 0 Å². The highest BCUT2D eigenvalue weighted by Crippen LogP contribution is 2.22. The second kappa shape index (κ2) is 6.58. The summed E-state index contributed by atoms with van der Waals surface area (Å²) in [5.74, 6) is 0.415. The minimum atomic E-state index is -0.333. The number of benzene rings is 1. The standard InChI is InChI=1S/C14H16N2O3S/c1-16-12(8-17)7-15-14(16)20-9-10-3-5-11(6-4-10)13(18)19-2/h3-7,17H,8-9H2,1-2H3. The third-order valence-electron chi connectivity index (χ3n) is 2.95. The van der Waals surface area contributed by atoms with Crippen molar-refractivity contribution in [3.05, 3.63) is 47.3 Å². The molecule has 2 rings (SSSR count). The van der Waals surface area contributed by atoms with Crippen molar-refractivity contribution in [1.29, 1.82) is 0 Å². The number of imidazole rings is 1. The van der Waals surface area contributed by atoms with Crippen LogP contribution in [0.2, 0.25) is 0 Å². The molecule has 1 heterocycles. The van der Waals surface area contributed by atoms with Gasteiger partial charge in [0.15, 0.2) is 5.16 Å². The van der Waals surface area contributed by atoms with Gasteiger partial charge in [0, 0.05) is 12.8 Å². The number of aromatic nitrogens is 2. The van der Waals surface area contributed by atoms with Crippen LogP contribution < -0.4 is 0 Å². The molecule has 0 saturated heterocycles. The Balaban J connectivity index is 2.00. The van der Waals surface area contributed by atoms with E-state index in [1.54, 1.807) is 30.1 Å². The third-order valence-corrected chi connectivity index (χ3v) is 4.06. The first-order valence-electron chi connectivity index (χ1n) is 6.07. The molecule has 0 unspecified atom stereocenters. The Morgan fingerprint density at radius 3 is 2.65 bits per heavy atom. The van der Waals surface area contributed by atoms with Gasteiger partial charge in [0.25, 0.3) is 0 Å². The van der Waals surface area contributed by atoms with E-state index in [0.29, 0.717) is 5.56 Å². The highest BCUT2D eigenvalue weighted by molar-refractivity contribution is 7.98. The number of methoxy groups -OCH3 is 1. The summed E-state index contributed by atoms with van der Waals surface area (Å²) >= 11 is 1.58. The zero-order valence-electron chi connectivity index (χ0n) is 11.4. The quantitative estimate of drug-likeness (QED) is 0.674. The Bertz CT molecular complexity index is 593. The lowest BCUT2D eigenvalue weighted by atomic mass is 10.1. The molecular weight excluding hydrogens is 276 g/mol. The summed E-state index contributed by atoms with van der Waals surface area (Å²) in [4.78, 5) is 15.6. The van der Waals surface area contributed by atoms with Crippen LogP contribution in [0.5, 0.6) is 0 Å². The molecule has 20 heavy (non-hydrogen) atoms. The van der Waals surface area contributed by atoms with Gasteiger partial charge in [0.05, 0.1) is 31.2 Å². The fraction of sp³-hybridized carbons (Fsp3) is 0.286. The molecule has 0 saturated carbocycles. The third kappa shape index (κ3) is 3.20. The van der Waals surface area contributed by atoms with E-state index in [9.17, 15) is 4.79 Å². The monoisotopic (exact) mass is 292 g/mol. The first-order valence-corrected chi connectivity index (χ1v) is 7.05. The van der Waals surface area contributed by atoms with E-state index < -0.39 is 0 Å². The van der Waals surface area contributed by atoms with Crippen LogP contribution in [0.1, 0.15) is 21.6 Å². The van der Waals surface area contributed by atoms with Gasteiger partial charge in [-0.2, -0.15) is 0 Å². The molecule has 0 aliphatic carbocycles. The normalized spacial score (nSPS) is 10.6. The van der Waals surface area contributed by atoms with Crippen molar-refractivity contribution in [2.24, 2.45) is 7.05 Å². The highest BCUT2D eigenvalue weighted by atomic mass is 32.2. The number of esters is 1. The first-order chi connectivity index (χ1) is 9.65. The van der Waals surface area contributed by atoms with Gasteiger partial charge in [-0.15, -0.1) is 0 Å². The van der Waals surface area contributed by atoms with Gasteiger partial charge in [-0.3, -0.25) is 0 Å². The number of nitrogens with zero attached hydrogens (tertiary/aromatic N) is 2. The molecule has 0 radical (unpaired) electrons. The number of carbonyl (C=O) groups excluding carboxylic acids is 1. The van der Waals surface area contributed by atoms with Crippen LogP contribution in [0.15, 0.2) is 35.6 Å². The lowest BCUT2D eigenvalue weighted by molar-refractivity contribution is 0.0600. The Labute approximate surface area is 121 Å². The summed E-state index contributed by atoms with van der Waals surface area (Å²) in [7, 11) is 3.24. The lowest BCUT2D eigenvalue weighted by Crippen LogP contribution is -2.00. The van der Waals surface area contributed by atoms with Crippen LogP contribution in [0, 0.1) is 0 Å². The molecule has 5 nitrogen and oxygen atoms in total. The van der Waals surface area contributed by atoms with Crippen LogP contribution in [-0.2, 0) is 24.1 Å². The largest absolute Gasteiger partial charge is 0.465 e. The van der Waals surface area contributed by atoms with Crippen LogP contribution in [0.3, 0.4) is 0 Å². The number of aliphatic hydroxyl groups is 1. The SMILES string of the molecule is COC(=O)c1ccc(CSc2ncc(CO)n2C)cc1. The van der Waals surface area contributed by atoms with Gasteiger partial charge in [0.1, 0.15) is 0 Å². The molecule has 106 valence electrons. The van der Waals surface area contributed by atoms with Crippen molar-refractivity contribution in [2.75, 3.05) is 7.11 Å². The van der Waals surface area contributed by atoms with E-state index in [4.69, 9.17) is 5.11 Å². The second-order valence-corrected chi connectivity index (χ2v) is 5.17. The maximum Gasteiger partial charge on any atom is 0.337 e. The number of rotatable bonds is 5. The van der Waals surface area contributed by atoms with Gasteiger partial charge in [-0.05, 0) is 17.7 Å². The molecular formula is C14H16N2O3S. The van der Waals surface area contributed by atoms with Gasteiger partial charge >= 0.3 is 5.97 Å². The van der Waals surface area contributed by atoms with E-state index in [0.717, 1.165) is 22.2 Å². The molecule has 2 aromatic rings. The molecule has 0 fully saturated rings. The minimum absolute atomic E-state index is 0.0160. The first kappa shape index (κ1) is 14.6. The maximum absolute atomic E-state index is 11.3. The predicted molar refractivity (Wildman–Crippen MR) is 76.5 cm³/mol. The molecule has 1 aromatic carbocycles. The van der Waals surface area contributed by atoms with Crippen molar-refractivity contribution >= 4 is 17.7 Å². The van der Waals surface area contributed by atoms with Crippen LogP contribution in [0.25, 0.3) is 0 Å². The summed E-state index contributed by atoms with van der Waals surface area (Å²) in [6, 6.07) is 7.29. The summed E-state index contributed by atoms with van der Waals surface area (Å²) in [6.45, 7) is -0.0160. The number of hydrogen-bond acceptors (Lipinski definition) is 5. The van der Waals surface area contributed by atoms with E-state index in [-0.39, 0.29) is 12.6 Å². The van der Waals surface area contributed by atoms with Crippen LogP contribution >= 0.6 is 11.8 Å². The number of ether oxygens (including phenoxy) is 1. The molecule has 1 aromatic heterocycles. The Morgan fingerprint density at radius 2 is 2.10 bits per heavy atom. The number of hydrogen-bond donors (Lipinski definition) is 1. The van der Waals surface area contributed by atoms with Crippen molar-refractivity contribution in [3.8, 4) is 0 Å². The fourth-order valence-electron chi connectivity index (χ4n) is 1.71. The van der Waals surface area contributed by atoms with Gasteiger partial charge in [0.2, 0.25) is 0 Å². The zero-order chi connectivity index (χ0) is 14.5. The van der Waals surface area contributed by atoms with Crippen molar-refractivity contribution in [1.82, 2.24) is 9.55 Å². The molecule has 1 N–H and O–H groups in total. The lowest BCUT2D eigenvalue weighted by Gasteiger charge is -2.05. The molecule has 0 spiro atoms. The van der Waals surface area contributed by atoms with Crippen LogP contribution in [-0.4, -0.2) is 27.7 Å².